The molecule has 0 spiro atoms. The Balaban J connectivity index is 2.44. The van der Waals surface area contributed by atoms with Crippen molar-refractivity contribution in [2.45, 2.75) is 39.7 Å². The molecule has 0 atom stereocenters. The maximum absolute atomic E-state index is 12.6. The van der Waals surface area contributed by atoms with Gasteiger partial charge in [0.25, 0.3) is 0 Å². The Morgan fingerprint density at radius 2 is 2.26 bits per heavy atom. The monoisotopic (exact) mass is 342 g/mol. The fourth-order valence-corrected chi connectivity index (χ4v) is 2.94. The van der Waals surface area contributed by atoms with Gasteiger partial charge in [0.2, 0.25) is 5.78 Å². The van der Waals surface area contributed by atoms with Crippen LogP contribution in [-0.2, 0) is 6.42 Å². The van der Waals surface area contributed by atoms with Crippen molar-refractivity contribution in [2.75, 3.05) is 0 Å². The van der Waals surface area contributed by atoms with Crippen LogP contribution in [0.3, 0.4) is 0 Å². The van der Waals surface area contributed by atoms with Gasteiger partial charge < -0.3 is 0 Å². The number of ketones is 1. The molecule has 19 heavy (non-hydrogen) atoms. The van der Waals surface area contributed by atoms with Crippen LogP contribution in [0.4, 0.5) is 0 Å². The molecule has 102 valence electrons. The van der Waals surface area contributed by atoms with Gasteiger partial charge in [-0.2, -0.15) is 5.10 Å². The van der Waals surface area contributed by atoms with Crippen molar-refractivity contribution in [2.24, 2.45) is 0 Å². The lowest BCUT2D eigenvalue weighted by molar-refractivity contribution is 0.102. The van der Waals surface area contributed by atoms with E-state index in [2.05, 4.69) is 37.5 Å². The van der Waals surface area contributed by atoms with E-state index in [1.54, 1.807) is 10.9 Å². The van der Waals surface area contributed by atoms with Crippen LogP contribution in [0.2, 0.25) is 0 Å². The second-order valence-corrected chi connectivity index (χ2v) is 6.12. The Labute approximate surface area is 124 Å². The molecule has 0 saturated carbocycles. The second-order valence-electron chi connectivity index (χ2n) is 4.51. The smallest absolute Gasteiger partial charge is 0.225 e. The SMILES string of the molecule is CCCc1nnsc1C(=O)c1c(Br)cnn1C(C)C. The Morgan fingerprint density at radius 1 is 1.53 bits per heavy atom. The molecule has 0 aliphatic rings. The molecular formula is C12H15BrN4OS. The summed E-state index contributed by atoms with van der Waals surface area (Å²) < 4.78 is 6.34. The summed E-state index contributed by atoms with van der Waals surface area (Å²) in [5, 5.41) is 8.28. The minimum atomic E-state index is -0.0588. The number of carbonyl (C=O) groups is 1. The first-order valence-electron chi connectivity index (χ1n) is 6.15. The fraction of sp³-hybridized carbons (Fsp3) is 0.500. The lowest BCUT2D eigenvalue weighted by Crippen LogP contribution is -2.14. The number of aromatic nitrogens is 4. The first-order chi connectivity index (χ1) is 9.06. The third-order valence-corrected chi connectivity index (χ3v) is 4.05. The molecule has 5 nitrogen and oxygen atoms in total. The maximum Gasteiger partial charge on any atom is 0.225 e. The normalized spacial score (nSPS) is 11.2. The van der Waals surface area contributed by atoms with Crippen LogP contribution in [-0.4, -0.2) is 25.2 Å². The minimum Gasteiger partial charge on any atom is -0.286 e. The summed E-state index contributed by atoms with van der Waals surface area (Å²) in [6, 6.07) is 0.126. The van der Waals surface area contributed by atoms with Crippen LogP contribution in [0.25, 0.3) is 0 Å². The van der Waals surface area contributed by atoms with Crippen LogP contribution in [0.15, 0.2) is 10.7 Å². The maximum atomic E-state index is 12.6. The van der Waals surface area contributed by atoms with E-state index in [0.717, 1.165) is 30.1 Å². The molecule has 0 bridgehead atoms. The number of rotatable bonds is 5. The van der Waals surface area contributed by atoms with E-state index in [0.29, 0.717) is 15.0 Å². The summed E-state index contributed by atoms with van der Waals surface area (Å²) in [5.41, 5.74) is 1.35. The van der Waals surface area contributed by atoms with E-state index in [9.17, 15) is 4.79 Å². The van der Waals surface area contributed by atoms with Crippen LogP contribution in [0.5, 0.6) is 0 Å². The summed E-state index contributed by atoms with van der Waals surface area (Å²) in [5.74, 6) is -0.0588. The molecule has 2 rings (SSSR count). The van der Waals surface area contributed by atoms with Crippen molar-refractivity contribution in [3.8, 4) is 0 Å². The topological polar surface area (TPSA) is 60.7 Å². The summed E-state index contributed by atoms with van der Waals surface area (Å²) in [4.78, 5) is 13.3. The second kappa shape index (κ2) is 5.92. The lowest BCUT2D eigenvalue weighted by atomic mass is 10.1. The van der Waals surface area contributed by atoms with E-state index in [4.69, 9.17) is 0 Å². The number of aryl methyl sites for hydroxylation is 1. The molecule has 0 aliphatic heterocycles. The van der Waals surface area contributed by atoms with Gasteiger partial charge in [0, 0.05) is 6.04 Å². The van der Waals surface area contributed by atoms with Crippen molar-refractivity contribution in [3.05, 3.63) is 26.9 Å². The molecule has 0 unspecified atom stereocenters. The third kappa shape index (κ3) is 2.76. The zero-order chi connectivity index (χ0) is 14.0. The van der Waals surface area contributed by atoms with Gasteiger partial charge in [-0.3, -0.25) is 9.48 Å². The summed E-state index contributed by atoms with van der Waals surface area (Å²) >= 11 is 4.55. The first kappa shape index (κ1) is 14.3. The standard InChI is InChI=1S/C12H15BrN4OS/c1-4-5-9-12(19-16-15-9)11(18)10-8(13)6-14-17(10)7(2)3/h6-7H,4-5H2,1-3H3. The summed E-state index contributed by atoms with van der Waals surface area (Å²) in [6.07, 6.45) is 3.36. The Kier molecular flexibility index (Phi) is 4.46. The van der Waals surface area contributed by atoms with E-state index in [1.165, 1.54) is 0 Å². The van der Waals surface area contributed by atoms with Crippen LogP contribution < -0.4 is 0 Å². The summed E-state index contributed by atoms with van der Waals surface area (Å²) in [7, 11) is 0. The van der Waals surface area contributed by atoms with E-state index < -0.39 is 0 Å². The van der Waals surface area contributed by atoms with Crippen LogP contribution in [0.1, 0.15) is 54.3 Å². The first-order valence-corrected chi connectivity index (χ1v) is 7.71. The summed E-state index contributed by atoms with van der Waals surface area (Å²) in [6.45, 7) is 6.05. The highest BCUT2D eigenvalue weighted by Crippen LogP contribution is 2.25. The highest BCUT2D eigenvalue weighted by atomic mass is 79.9. The molecule has 2 aromatic rings. The average molecular weight is 343 g/mol. The van der Waals surface area contributed by atoms with Gasteiger partial charge in [-0.15, -0.1) is 5.10 Å². The Hall–Kier alpha value is -1.08. The molecular weight excluding hydrogens is 328 g/mol. The quantitative estimate of drug-likeness (QED) is 0.782. The molecule has 2 heterocycles. The van der Waals surface area contributed by atoms with Gasteiger partial charge in [0.1, 0.15) is 10.6 Å². The molecule has 0 saturated heterocycles. The van der Waals surface area contributed by atoms with Crippen molar-refractivity contribution in [1.82, 2.24) is 19.4 Å². The molecule has 7 heteroatoms. The highest BCUT2D eigenvalue weighted by molar-refractivity contribution is 9.10. The fourth-order valence-electron chi connectivity index (χ4n) is 1.83. The largest absolute Gasteiger partial charge is 0.286 e. The molecule has 2 aromatic heterocycles. The van der Waals surface area contributed by atoms with E-state index >= 15 is 0 Å². The van der Waals surface area contributed by atoms with Crippen molar-refractivity contribution < 1.29 is 4.79 Å². The van der Waals surface area contributed by atoms with E-state index in [1.807, 2.05) is 13.8 Å². The number of hydrogen-bond donors (Lipinski definition) is 0. The number of halogens is 1. The molecule has 0 aromatic carbocycles. The van der Waals surface area contributed by atoms with Gasteiger partial charge in [-0.05, 0) is 47.7 Å². The van der Waals surface area contributed by atoms with Gasteiger partial charge >= 0.3 is 0 Å². The number of nitrogens with zero attached hydrogens (tertiary/aromatic N) is 4. The Morgan fingerprint density at radius 3 is 2.89 bits per heavy atom. The Bertz CT molecular complexity index is 590. The average Bonchev–Trinajstić information content (AvgIpc) is 2.95. The number of hydrogen-bond acceptors (Lipinski definition) is 5. The molecule has 0 N–H and O–H groups in total. The van der Waals surface area contributed by atoms with Crippen molar-refractivity contribution >= 4 is 33.2 Å². The van der Waals surface area contributed by atoms with Gasteiger partial charge in [0.15, 0.2) is 0 Å². The lowest BCUT2D eigenvalue weighted by Gasteiger charge is -2.10. The third-order valence-electron chi connectivity index (χ3n) is 2.70. The van der Waals surface area contributed by atoms with Crippen molar-refractivity contribution in [1.29, 1.82) is 0 Å². The van der Waals surface area contributed by atoms with Crippen molar-refractivity contribution in [3.63, 3.8) is 0 Å². The van der Waals surface area contributed by atoms with Crippen LogP contribution >= 0.6 is 27.5 Å². The molecule has 0 amide bonds. The molecule has 0 aliphatic carbocycles. The zero-order valence-corrected chi connectivity index (χ0v) is 13.5. The highest BCUT2D eigenvalue weighted by Gasteiger charge is 2.24. The van der Waals surface area contributed by atoms with Gasteiger partial charge in [-0.25, -0.2) is 0 Å². The van der Waals surface area contributed by atoms with E-state index in [-0.39, 0.29) is 11.8 Å². The van der Waals surface area contributed by atoms with Crippen LogP contribution in [0, 0.1) is 0 Å². The number of carbonyl (C=O) groups excluding carboxylic acids is 1. The predicted octanol–water partition coefficient (Wildman–Crippen LogP) is 3.26. The molecule has 0 radical (unpaired) electrons. The van der Waals surface area contributed by atoms with Gasteiger partial charge in [0.05, 0.1) is 16.4 Å². The zero-order valence-electron chi connectivity index (χ0n) is 11.1. The predicted molar refractivity (Wildman–Crippen MR) is 77.6 cm³/mol. The minimum absolute atomic E-state index is 0.0588. The molecule has 0 fully saturated rings. The van der Waals surface area contributed by atoms with Gasteiger partial charge in [-0.1, -0.05) is 17.8 Å².